The minimum atomic E-state index is -2.82. The number of rotatable bonds is 45. The Morgan fingerprint density at radius 2 is 0.675 bits per heavy atom. The van der Waals surface area contributed by atoms with E-state index in [9.17, 15) is 43.2 Å². The van der Waals surface area contributed by atoms with Gasteiger partial charge in [-0.2, -0.15) is 0 Å². The first-order chi connectivity index (χ1) is 60.8. The molecule has 2 fully saturated rings. The van der Waals surface area contributed by atoms with E-state index in [1.54, 1.807) is 76.1 Å². The van der Waals surface area contributed by atoms with Crippen LogP contribution in [0.1, 0.15) is 165 Å². The third kappa shape index (κ3) is 28.4. The van der Waals surface area contributed by atoms with Gasteiger partial charge < -0.3 is 71.3 Å². The molecule has 4 heterocycles. The van der Waals surface area contributed by atoms with Gasteiger partial charge in [0, 0.05) is 215 Å². The van der Waals surface area contributed by atoms with Gasteiger partial charge in [-0.25, -0.2) is 0 Å². The summed E-state index contributed by atoms with van der Waals surface area (Å²) < 4.78 is 84.8. The van der Waals surface area contributed by atoms with Crippen molar-refractivity contribution in [2.45, 2.75) is 182 Å². The van der Waals surface area contributed by atoms with E-state index in [1.807, 2.05) is 181 Å². The molecule has 0 atom stereocenters. The third-order valence-corrected chi connectivity index (χ3v) is 37.2. The Kier molecular flexibility index (Phi) is 44.2. The number of unbranched alkanes of at least 4 members (excludes halogenated alkanes) is 2. The van der Waals surface area contributed by atoms with Crippen molar-refractivity contribution in [3.63, 3.8) is 0 Å². The summed E-state index contributed by atoms with van der Waals surface area (Å²) in [5.74, 6) is -0.563. The van der Waals surface area contributed by atoms with Crippen LogP contribution < -0.4 is 16.0 Å². The van der Waals surface area contributed by atoms with Gasteiger partial charge in [-0.15, -0.1) is 0 Å². The number of anilines is 1. The molecule has 3 aliphatic rings. The van der Waals surface area contributed by atoms with Crippen molar-refractivity contribution in [3.05, 3.63) is 171 Å². The summed E-state index contributed by atoms with van der Waals surface area (Å²) in [4.78, 5) is 118. The summed E-state index contributed by atoms with van der Waals surface area (Å²) >= 11 is 0. The Morgan fingerprint density at radius 3 is 1.06 bits per heavy atom. The molecule has 8 aromatic rings. The van der Waals surface area contributed by atoms with Gasteiger partial charge in [0.2, 0.25) is 29.5 Å². The Hall–Kier alpha value is -8.17. The van der Waals surface area contributed by atoms with E-state index in [4.69, 9.17) is 66.4 Å². The standard InChI is InChI=1S/C28H27NO5Si.C19H33NO4Si.C18H21NO5Si.C14H27NO5Si.C13H25NO5Si/c1-32-35(33-2,34-3)14-8-13-29-27(30)25-17-21-11-6-4-9-19(21)15-23(25)24-16-20-10-5-7-12-22(20)18-26(24)28(29)31;1-5-20(18-14-10-9-11-15-18)19(21)16-12-13-17-25(22-6-2,23-7-3)24-8-4;1-22-25(23-2,24-3)10-6-9-19-17(20)15-11-13-7-4-5-8-14(13)12-16(15)18(19)21;1-18-21(19-2,20-3)12-8-6-10-14(17)15-11-7-4-5-9-13(15)16;1-4-17-20(18-5-2,19-6-3)11-7-10-14-12(15)8-9-13(14)16/h4-7,9-12,15-18H,8,13-14H2,1-3H3;9-11,14-15H,5-8,12-13,16-17H2,1-4H3;4-5,7-8,11-12H,6,9-10H2,1-3H3;4-12H2,1-3H3;4-11H2,1-3H3. The molecular weight excluding hydrogens is 1700 g/mol. The molecule has 0 bridgehead atoms. The van der Waals surface area contributed by atoms with Crippen LogP contribution >= 0.6 is 0 Å². The molecule has 0 spiro atoms. The van der Waals surface area contributed by atoms with Crippen LogP contribution in [-0.2, 0) is 96.9 Å². The van der Waals surface area contributed by atoms with Crippen LogP contribution in [0, 0.1) is 0 Å². The van der Waals surface area contributed by atoms with Gasteiger partial charge in [-0.1, -0.05) is 97.4 Å². The average Bonchev–Trinajstić information content (AvgIpc) is 1.57. The summed E-state index contributed by atoms with van der Waals surface area (Å²) in [7, 11) is 0.755. The van der Waals surface area contributed by atoms with Gasteiger partial charge in [-0.3, -0.25) is 62.4 Å². The lowest BCUT2D eigenvalue weighted by atomic mass is 9.99. The number of carbonyl (C=O) groups excluding carboxylic acids is 7. The molecule has 3 aliphatic heterocycles. The number of hydrogen-bond donors (Lipinski definition) is 0. The highest BCUT2D eigenvalue weighted by Gasteiger charge is 2.44. The summed E-state index contributed by atoms with van der Waals surface area (Å²) in [6.07, 6.45) is 9.84. The fourth-order valence-corrected chi connectivity index (χ4v) is 26.3. The second-order valence-corrected chi connectivity index (χ2v) is 44.7. The second kappa shape index (κ2) is 53.1. The molecule has 7 aromatic carbocycles. The van der Waals surface area contributed by atoms with E-state index in [-0.39, 0.29) is 59.0 Å². The van der Waals surface area contributed by atoms with Crippen LogP contribution in [0.4, 0.5) is 5.69 Å². The highest BCUT2D eigenvalue weighted by Crippen LogP contribution is 2.33. The van der Waals surface area contributed by atoms with Gasteiger partial charge in [0.25, 0.3) is 22.9 Å². The highest BCUT2D eigenvalue weighted by molar-refractivity contribution is 6.62. The molecule has 0 saturated carbocycles. The minimum Gasteiger partial charge on any atom is -0.377 e. The number of benzene rings is 7. The van der Waals surface area contributed by atoms with Crippen LogP contribution in [0.5, 0.6) is 0 Å². The minimum absolute atomic E-state index is 0.0214. The number of para-hydroxylation sites is 1. The topological polar surface area (TPSA) is 310 Å². The van der Waals surface area contributed by atoms with Gasteiger partial charge in [0.05, 0.1) is 11.1 Å². The number of carbonyl (C=O) groups is 7. The number of aromatic nitrogens is 1. The van der Waals surface area contributed by atoms with E-state index in [2.05, 4.69) is 0 Å². The largest absolute Gasteiger partial charge is 0.500 e. The zero-order chi connectivity index (χ0) is 91.9. The molecule has 0 radical (unpaired) electrons. The lowest BCUT2D eigenvalue weighted by Gasteiger charge is -2.28. The third-order valence-electron chi connectivity index (χ3n) is 22.4. The van der Waals surface area contributed by atoms with E-state index in [0.717, 1.165) is 93.3 Å². The molecule has 0 N–H and O–H groups in total. The van der Waals surface area contributed by atoms with Crippen molar-refractivity contribution in [2.24, 2.45) is 0 Å². The molecule has 34 heteroatoms. The van der Waals surface area contributed by atoms with E-state index in [1.165, 1.54) is 19.3 Å². The van der Waals surface area contributed by atoms with Gasteiger partial charge >= 0.3 is 44.0 Å². The van der Waals surface area contributed by atoms with Crippen molar-refractivity contribution < 1.29 is 100.0 Å². The molecule has 7 amide bonds. The Balaban J connectivity index is 0.000000220. The highest BCUT2D eigenvalue weighted by atomic mass is 28.4. The Morgan fingerprint density at radius 1 is 0.341 bits per heavy atom. The quantitative estimate of drug-likeness (QED) is 0.0194. The van der Waals surface area contributed by atoms with Crippen LogP contribution in [0.2, 0.25) is 30.2 Å². The summed E-state index contributed by atoms with van der Waals surface area (Å²) in [6, 6.07) is 47.9. The van der Waals surface area contributed by atoms with Gasteiger partial charge in [0.1, 0.15) is 0 Å². The van der Waals surface area contributed by atoms with Crippen molar-refractivity contribution in [2.75, 3.05) is 135 Å². The van der Waals surface area contributed by atoms with Gasteiger partial charge in [-0.05, 0) is 198 Å². The number of fused-ring (bicyclic) bond motifs is 7. The molecule has 126 heavy (non-hydrogen) atoms. The van der Waals surface area contributed by atoms with E-state index < -0.39 is 44.0 Å². The first-order valence-corrected chi connectivity index (χ1v) is 53.6. The van der Waals surface area contributed by atoms with Crippen molar-refractivity contribution in [1.82, 2.24) is 19.3 Å². The maximum atomic E-state index is 13.8. The van der Waals surface area contributed by atoms with Gasteiger partial charge in [0.15, 0.2) is 0 Å². The van der Waals surface area contributed by atoms with Crippen molar-refractivity contribution in [1.29, 1.82) is 0 Å². The molecule has 1 aromatic heterocycles. The molecule has 0 aliphatic carbocycles. The number of amides is 7. The molecule has 11 rings (SSSR count). The predicted octanol–water partition coefficient (Wildman–Crippen LogP) is 15.6. The van der Waals surface area contributed by atoms with Crippen molar-refractivity contribution >= 4 is 145 Å². The molecule has 0 unspecified atom stereocenters. The Bertz CT molecular complexity index is 4720. The summed E-state index contributed by atoms with van der Waals surface area (Å²) in [5, 5.41) is 8.48. The number of nitrogens with zero attached hydrogens (tertiary/aromatic N) is 5. The fourth-order valence-electron chi connectivity index (χ4n) is 15.8. The summed E-state index contributed by atoms with van der Waals surface area (Å²) in [5.41, 5.74) is 1.30. The number of hydrogen-bond acceptors (Lipinski definition) is 24. The van der Waals surface area contributed by atoms with Crippen LogP contribution in [0.3, 0.4) is 0 Å². The summed E-state index contributed by atoms with van der Waals surface area (Å²) in [6.45, 7) is 19.2. The Labute approximate surface area is 747 Å². The molecule has 690 valence electrons. The first-order valence-electron chi connectivity index (χ1n) is 44.0. The predicted molar refractivity (Wildman–Crippen MR) is 499 cm³/mol. The van der Waals surface area contributed by atoms with E-state index in [0.29, 0.717) is 170 Å². The fraction of sp³-hybridized carbons (Fsp3) is 0.511. The van der Waals surface area contributed by atoms with Crippen LogP contribution in [0.25, 0.3) is 53.9 Å². The second-order valence-electron chi connectivity index (χ2n) is 30.0. The average molecular weight is 1830 g/mol. The smallest absolute Gasteiger partial charge is 0.377 e. The lowest BCUT2D eigenvalue weighted by molar-refractivity contribution is -0.144. The van der Waals surface area contributed by atoms with E-state index >= 15 is 0 Å². The number of imide groups is 3. The van der Waals surface area contributed by atoms with Crippen LogP contribution in [-0.4, -0.2) is 234 Å². The first kappa shape index (κ1) is 105. The van der Waals surface area contributed by atoms with Crippen LogP contribution in [0.15, 0.2) is 149 Å². The molecule has 2 saturated heterocycles. The normalized spacial score (nSPS) is 13.9. The molecule has 29 nitrogen and oxygen atoms in total. The number of likely N-dealkylation sites (tertiary alicyclic amines) is 2. The zero-order valence-electron chi connectivity index (χ0n) is 76.7. The monoisotopic (exact) mass is 1830 g/mol. The molecular formula is C92H133N5O24Si5. The lowest BCUT2D eigenvalue weighted by Crippen LogP contribution is -2.46. The SMILES string of the molecule is CCO[Si](CCCCC(=O)N(CC)c1ccccc1)(OCC)OCC.CCO[Si](CCCN1C(=O)CCC1=O)(OCC)OCC.CO[Si](CCCCC(=O)N1CCCCCC1=O)(OC)OC.CO[Si](CCCN1C(=O)c2cc3ccccc3cc2C1=O)(OC)OC.CO[Si](CCCn1c(=O)c2cc3ccccc3cc2c2cc3ccccc3cc2c1=O)(OC)OC. The maximum absolute atomic E-state index is 13.8. The maximum Gasteiger partial charge on any atom is 0.500 e. The van der Waals surface area contributed by atoms with Crippen molar-refractivity contribution in [3.8, 4) is 0 Å². The zero-order valence-corrected chi connectivity index (χ0v) is 81.7.